The van der Waals surface area contributed by atoms with Crippen LogP contribution in [0.15, 0.2) is 24.3 Å². The molecule has 0 aliphatic carbocycles. The highest BCUT2D eigenvalue weighted by atomic mass is 16.1. The zero-order valence-corrected chi connectivity index (χ0v) is 9.54. The number of hydrogen-bond donors (Lipinski definition) is 0. The molecule has 0 unspecified atom stereocenters. The number of benzene rings is 1. The van der Waals surface area contributed by atoms with Crippen LogP contribution in [0.5, 0.6) is 0 Å². The number of carbonyl (C=O) groups is 1. The summed E-state index contributed by atoms with van der Waals surface area (Å²) in [5, 5.41) is 0. The molecule has 0 saturated heterocycles. The van der Waals surface area contributed by atoms with E-state index < -0.39 is 0 Å². The lowest BCUT2D eigenvalue weighted by Crippen LogP contribution is -1.87. The van der Waals surface area contributed by atoms with E-state index in [0.717, 1.165) is 38.4 Å². The minimum Gasteiger partial charge on any atom is -0.303 e. The predicted octanol–water partition coefficient (Wildman–Crippen LogP) is 3.55. The Balaban J connectivity index is 2.22. The summed E-state index contributed by atoms with van der Waals surface area (Å²) in [5.41, 5.74) is 2.82. The fraction of sp³-hybridized carbons (Fsp3) is 0.500. The van der Waals surface area contributed by atoms with Crippen molar-refractivity contribution in [3.05, 3.63) is 35.4 Å². The summed E-state index contributed by atoms with van der Waals surface area (Å²) in [5.74, 6) is 0. The van der Waals surface area contributed by atoms with Crippen molar-refractivity contribution in [2.24, 2.45) is 0 Å². The highest BCUT2D eigenvalue weighted by molar-refractivity contribution is 5.48. The minimum absolute atomic E-state index is 0.717. The van der Waals surface area contributed by atoms with Gasteiger partial charge in [0.2, 0.25) is 0 Å². The standard InChI is InChI=1S/C14H20O/c1-2-13-8-10-14(11-9-13)7-5-3-4-6-12-15/h8-12H,2-7H2,1H3. The van der Waals surface area contributed by atoms with Gasteiger partial charge in [0.15, 0.2) is 0 Å². The Morgan fingerprint density at radius 3 is 2.27 bits per heavy atom. The monoisotopic (exact) mass is 204 g/mol. The second-order valence-electron chi connectivity index (χ2n) is 3.94. The predicted molar refractivity (Wildman–Crippen MR) is 64.1 cm³/mol. The SMILES string of the molecule is CCc1ccc(CCCCCC=O)cc1. The zero-order chi connectivity index (χ0) is 10.9. The molecule has 1 aromatic rings. The van der Waals surface area contributed by atoms with Crippen LogP contribution in [0.1, 0.15) is 43.7 Å². The second-order valence-corrected chi connectivity index (χ2v) is 3.94. The van der Waals surface area contributed by atoms with Gasteiger partial charge in [-0.05, 0) is 36.8 Å². The summed E-state index contributed by atoms with van der Waals surface area (Å²) >= 11 is 0. The van der Waals surface area contributed by atoms with Crippen molar-refractivity contribution in [3.63, 3.8) is 0 Å². The van der Waals surface area contributed by atoms with Crippen molar-refractivity contribution in [2.75, 3.05) is 0 Å². The van der Waals surface area contributed by atoms with Gasteiger partial charge < -0.3 is 4.79 Å². The van der Waals surface area contributed by atoms with E-state index >= 15 is 0 Å². The number of carbonyl (C=O) groups excluding carboxylic acids is 1. The molecule has 0 spiro atoms. The number of unbranched alkanes of at least 4 members (excludes halogenated alkanes) is 3. The van der Waals surface area contributed by atoms with E-state index in [-0.39, 0.29) is 0 Å². The van der Waals surface area contributed by atoms with Crippen molar-refractivity contribution in [3.8, 4) is 0 Å². The molecule has 0 atom stereocenters. The van der Waals surface area contributed by atoms with Gasteiger partial charge in [0.05, 0.1) is 0 Å². The van der Waals surface area contributed by atoms with Gasteiger partial charge in [-0.1, -0.05) is 37.6 Å². The smallest absolute Gasteiger partial charge is 0.119 e. The molecule has 0 aliphatic rings. The first-order valence-electron chi connectivity index (χ1n) is 5.88. The van der Waals surface area contributed by atoms with Crippen LogP contribution >= 0.6 is 0 Å². The maximum atomic E-state index is 10.1. The molecule has 0 aromatic heterocycles. The van der Waals surface area contributed by atoms with Crippen LogP contribution < -0.4 is 0 Å². The Morgan fingerprint density at radius 2 is 1.67 bits per heavy atom. The maximum absolute atomic E-state index is 10.1. The lowest BCUT2D eigenvalue weighted by Gasteiger charge is -2.02. The van der Waals surface area contributed by atoms with Gasteiger partial charge in [-0.25, -0.2) is 0 Å². The number of aryl methyl sites for hydroxylation is 2. The second kappa shape index (κ2) is 7.22. The van der Waals surface area contributed by atoms with E-state index in [1.54, 1.807) is 0 Å². The number of rotatable bonds is 7. The molecule has 0 radical (unpaired) electrons. The van der Waals surface area contributed by atoms with E-state index in [1.807, 2.05) is 0 Å². The average molecular weight is 204 g/mol. The largest absolute Gasteiger partial charge is 0.303 e. The Bertz CT molecular complexity index is 274. The summed E-state index contributed by atoms with van der Waals surface area (Å²) in [7, 11) is 0. The van der Waals surface area contributed by atoms with E-state index in [9.17, 15) is 4.79 Å². The lowest BCUT2D eigenvalue weighted by atomic mass is 10.0. The molecule has 1 rings (SSSR count). The first kappa shape index (κ1) is 12.0. The van der Waals surface area contributed by atoms with E-state index in [0.29, 0.717) is 0 Å². The molecule has 82 valence electrons. The van der Waals surface area contributed by atoms with E-state index in [4.69, 9.17) is 0 Å². The number of aldehydes is 1. The van der Waals surface area contributed by atoms with Crippen LogP contribution in [0, 0.1) is 0 Å². The van der Waals surface area contributed by atoms with E-state index in [2.05, 4.69) is 31.2 Å². The summed E-state index contributed by atoms with van der Waals surface area (Å²) < 4.78 is 0. The van der Waals surface area contributed by atoms with Crippen LogP contribution in [0.3, 0.4) is 0 Å². The third-order valence-corrected chi connectivity index (χ3v) is 2.72. The average Bonchev–Trinajstić information content (AvgIpc) is 2.30. The van der Waals surface area contributed by atoms with Crippen LogP contribution in [-0.4, -0.2) is 6.29 Å². The molecule has 1 nitrogen and oxygen atoms in total. The van der Waals surface area contributed by atoms with Crippen LogP contribution in [0.2, 0.25) is 0 Å². The molecule has 0 saturated carbocycles. The molecule has 0 heterocycles. The molecule has 1 aromatic carbocycles. The van der Waals surface area contributed by atoms with Gasteiger partial charge >= 0.3 is 0 Å². The first-order valence-corrected chi connectivity index (χ1v) is 5.88. The highest BCUT2D eigenvalue weighted by Gasteiger charge is 1.94. The fourth-order valence-electron chi connectivity index (χ4n) is 1.68. The Morgan fingerprint density at radius 1 is 1.00 bits per heavy atom. The topological polar surface area (TPSA) is 17.1 Å². The Hall–Kier alpha value is -1.11. The summed E-state index contributed by atoms with van der Waals surface area (Å²) in [4.78, 5) is 10.1. The van der Waals surface area contributed by atoms with Crippen molar-refractivity contribution in [2.45, 2.75) is 45.4 Å². The van der Waals surface area contributed by atoms with Gasteiger partial charge in [0.25, 0.3) is 0 Å². The van der Waals surface area contributed by atoms with Crippen molar-refractivity contribution in [1.82, 2.24) is 0 Å². The minimum atomic E-state index is 0.717. The Labute approximate surface area is 92.5 Å². The van der Waals surface area contributed by atoms with Crippen molar-refractivity contribution in [1.29, 1.82) is 0 Å². The molecule has 1 heteroatoms. The summed E-state index contributed by atoms with van der Waals surface area (Å²) in [6, 6.07) is 8.86. The normalized spacial score (nSPS) is 10.2. The molecule has 0 amide bonds. The van der Waals surface area contributed by atoms with Crippen LogP contribution in [-0.2, 0) is 17.6 Å². The van der Waals surface area contributed by atoms with Crippen molar-refractivity contribution >= 4 is 6.29 Å². The molecule has 0 fully saturated rings. The third kappa shape index (κ3) is 4.78. The van der Waals surface area contributed by atoms with Gasteiger partial charge in [-0.2, -0.15) is 0 Å². The van der Waals surface area contributed by atoms with E-state index in [1.165, 1.54) is 17.5 Å². The lowest BCUT2D eigenvalue weighted by molar-refractivity contribution is -0.107. The van der Waals surface area contributed by atoms with Gasteiger partial charge in [-0.3, -0.25) is 0 Å². The van der Waals surface area contributed by atoms with Gasteiger partial charge in [0.1, 0.15) is 6.29 Å². The van der Waals surface area contributed by atoms with Crippen LogP contribution in [0.25, 0.3) is 0 Å². The fourth-order valence-corrected chi connectivity index (χ4v) is 1.68. The van der Waals surface area contributed by atoms with Gasteiger partial charge in [0, 0.05) is 6.42 Å². The molecule has 0 aliphatic heterocycles. The molecule has 15 heavy (non-hydrogen) atoms. The molecule has 0 bridgehead atoms. The highest BCUT2D eigenvalue weighted by Crippen LogP contribution is 2.09. The molecule has 0 N–H and O–H groups in total. The zero-order valence-electron chi connectivity index (χ0n) is 9.54. The third-order valence-electron chi connectivity index (χ3n) is 2.72. The first-order chi connectivity index (χ1) is 7.36. The summed E-state index contributed by atoms with van der Waals surface area (Å²) in [6.07, 6.45) is 7.37. The maximum Gasteiger partial charge on any atom is 0.119 e. The molecular weight excluding hydrogens is 184 g/mol. The van der Waals surface area contributed by atoms with Gasteiger partial charge in [-0.15, -0.1) is 0 Å². The number of hydrogen-bond acceptors (Lipinski definition) is 1. The van der Waals surface area contributed by atoms with Crippen molar-refractivity contribution < 1.29 is 4.79 Å². The molecular formula is C14H20O. The quantitative estimate of drug-likeness (QED) is 0.490. The Kier molecular flexibility index (Phi) is 5.76. The summed E-state index contributed by atoms with van der Waals surface area (Å²) in [6.45, 7) is 2.18. The van der Waals surface area contributed by atoms with Crippen LogP contribution in [0.4, 0.5) is 0 Å².